The normalized spacial score (nSPS) is 16.9. The van der Waals surface area contributed by atoms with E-state index < -0.39 is 4.92 Å². The van der Waals surface area contributed by atoms with Gasteiger partial charge in [-0.25, -0.2) is 4.98 Å². The van der Waals surface area contributed by atoms with Gasteiger partial charge in [0, 0.05) is 23.6 Å². The molecule has 22 heavy (non-hydrogen) atoms. The van der Waals surface area contributed by atoms with Crippen molar-refractivity contribution >= 4 is 21.7 Å². The van der Waals surface area contributed by atoms with E-state index in [0.717, 1.165) is 30.4 Å². The van der Waals surface area contributed by atoms with Crippen LogP contribution in [0.25, 0.3) is 0 Å². The van der Waals surface area contributed by atoms with Crippen molar-refractivity contribution in [2.75, 3.05) is 6.61 Å². The van der Waals surface area contributed by atoms with Crippen LogP contribution in [-0.2, 0) is 13.0 Å². The van der Waals surface area contributed by atoms with Crippen LogP contribution in [0.15, 0.2) is 29.1 Å². The molecular formula is C14H15BrN4O3. The molecule has 0 bridgehead atoms. The summed E-state index contributed by atoms with van der Waals surface area (Å²) in [6.45, 7) is 1.28. The lowest BCUT2D eigenvalue weighted by Crippen LogP contribution is -2.25. The number of ether oxygens (including phenoxy) is 1. The Balaban J connectivity index is 1.52. The van der Waals surface area contributed by atoms with Crippen LogP contribution in [0.3, 0.4) is 0 Å². The quantitative estimate of drug-likeness (QED) is 0.461. The Morgan fingerprint density at radius 2 is 2.36 bits per heavy atom. The van der Waals surface area contributed by atoms with Gasteiger partial charge in [0.2, 0.25) is 0 Å². The van der Waals surface area contributed by atoms with E-state index in [-0.39, 0.29) is 5.82 Å². The van der Waals surface area contributed by atoms with Gasteiger partial charge in [-0.3, -0.25) is 4.57 Å². The lowest BCUT2D eigenvalue weighted by atomic mass is 10.00. The molecule has 2 aromatic heterocycles. The first-order valence-corrected chi connectivity index (χ1v) is 7.86. The van der Waals surface area contributed by atoms with Gasteiger partial charge < -0.3 is 14.9 Å². The molecule has 0 amide bonds. The SMILES string of the molecule is O=[N+]([O-])c1cn2c(n1)OCC(CCCc1ccc(Br)nc1)C2. The summed E-state index contributed by atoms with van der Waals surface area (Å²) >= 11 is 3.32. The van der Waals surface area contributed by atoms with Gasteiger partial charge in [0.05, 0.1) is 6.61 Å². The Morgan fingerprint density at radius 3 is 3.09 bits per heavy atom. The molecule has 2 aromatic rings. The first kappa shape index (κ1) is 15.0. The number of hydrogen-bond donors (Lipinski definition) is 0. The molecule has 8 heteroatoms. The van der Waals surface area contributed by atoms with Crippen LogP contribution in [0, 0.1) is 16.0 Å². The van der Waals surface area contributed by atoms with Crippen LogP contribution in [-0.4, -0.2) is 26.1 Å². The molecule has 0 saturated carbocycles. The van der Waals surface area contributed by atoms with Crippen molar-refractivity contribution in [1.82, 2.24) is 14.5 Å². The summed E-state index contributed by atoms with van der Waals surface area (Å²) in [5.41, 5.74) is 1.21. The Morgan fingerprint density at radius 1 is 1.50 bits per heavy atom. The molecule has 116 valence electrons. The largest absolute Gasteiger partial charge is 0.445 e. The van der Waals surface area contributed by atoms with E-state index in [9.17, 15) is 10.1 Å². The van der Waals surface area contributed by atoms with Gasteiger partial charge in [-0.2, -0.15) is 0 Å². The second-order valence-corrected chi connectivity index (χ2v) is 6.16. The van der Waals surface area contributed by atoms with Crippen LogP contribution in [0.2, 0.25) is 0 Å². The summed E-state index contributed by atoms with van der Waals surface area (Å²) in [5, 5.41) is 10.7. The highest BCUT2D eigenvalue weighted by atomic mass is 79.9. The van der Waals surface area contributed by atoms with Crippen molar-refractivity contribution in [3.8, 4) is 6.01 Å². The number of aromatic nitrogens is 3. The monoisotopic (exact) mass is 366 g/mol. The zero-order chi connectivity index (χ0) is 15.5. The van der Waals surface area contributed by atoms with Crippen LogP contribution in [0.5, 0.6) is 6.01 Å². The first-order chi connectivity index (χ1) is 10.6. The summed E-state index contributed by atoms with van der Waals surface area (Å²) in [6, 6.07) is 4.35. The molecule has 1 unspecified atom stereocenters. The number of rotatable bonds is 5. The van der Waals surface area contributed by atoms with Crippen molar-refractivity contribution in [2.24, 2.45) is 5.92 Å². The molecule has 0 spiro atoms. The average Bonchev–Trinajstić information content (AvgIpc) is 2.93. The third-order valence-electron chi connectivity index (χ3n) is 3.68. The fourth-order valence-electron chi connectivity index (χ4n) is 2.57. The Kier molecular flexibility index (Phi) is 4.37. The van der Waals surface area contributed by atoms with Gasteiger partial charge in [-0.1, -0.05) is 6.07 Å². The molecule has 0 N–H and O–H groups in total. The van der Waals surface area contributed by atoms with Gasteiger partial charge in [-0.15, -0.1) is 0 Å². The van der Waals surface area contributed by atoms with Crippen molar-refractivity contribution in [3.05, 3.63) is 44.8 Å². The molecule has 0 aliphatic carbocycles. The van der Waals surface area contributed by atoms with Crippen LogP contribution < -0.4 is 4.74 Å². The van der Waals surface area contributed by atoms with E-state index in [1.807, 2.05) is 12.3 Å². The second-order valence-electron chi connectivity index (χ2n) is 5.35. The highest BCUT2D eigenvalue weighted by molar-refractivity contribution is 9.10. The van der Waals surface area contributed by atoms with E-state index in [1.165, 1.54) is 11.8 Å². The fourth-order valence-corrected chi connectivity index (χ4v) is 2.80. The standard InChI is InChI=1S/C14H15BrN4O3/c15-12-5-4-10(6-16-12)2-1-3-11-7-18-8-13(19(20)21)17-14(18)22-9-11/h4-6,8,11H,1-3,7,9H2. The second kappa shape index (κ2) is 6.43. The summed E-state index contributed by atoms with van der Waals surface area (Å²) in [7, 11) is 0. The highest BCUT2D eigenvalue weighted by Crippen LogP contribution is 2.26. The molecule has 1 aliphatic heterocycles. The third kappa shape index (κ3) is 3.44. The molecule has 7 nitrogen and oxygen atoms in total. The minimum atomic E-state index is -0.496. The molecule has 0 aromatic carbocycles. The maximum Gasteiger partial charge on any atom is 0.414 e. The van der Waals surface area contributed by atoms with Crippen molar-refractivity contribution < 1.29 is 9.66 Å². The Bertz CT molecular complexity index is 671. The summed E-state index contributed by atoms with van der Waals surface area (Å²) in [5.74, 6) is 0.196. The maximum atomic E-state index is 10.7. The molecule has 1 atom stereocenters. The fraction of sp³-hybridized carbons (Fsp3) is 0.429. The predicted octanol–water partition coefficient (Wildman–Crippen LogP) is 2.98. The van der Waals surface area contributed by atoms with Gasteiger partial charge >= 0.3 is 11.8 Å². The molecule has 3 heterocycles. The average molecular weight is 367 g/mol. The Hall–Kier alpha value is -1.96. The lowest BCUT2D eigenvalue weighted by molar-refractivity contribution is -0.389. The van der Waals surface area contributed by atoms with Crippen LogP contribution >= 0.6 is 15.9 Å². The number of hydrogen-bond acceptors (Lipinski definition) is 5. The molecule has 1 aliphatic rings. The zero-order valence-corrected chi connectivity index (χ0v) is 13.4. The number of nitro groups is 1. The maximum absolute atomic E-state index is 10.7. The van der Waals surface area contributed by atoms with Crippen molar-refractivity contribution in [3.63, 3.8) is 0 Å². The number of imidazole rings is 1. The minimum Gasteiger partial charge on any atom is -0.445 e. The summed E-state index contributed by atoms with van der Waals surface area (Å²) in [6.07, 6.45) is 6.32. The first-order valence-electron chi connectivity index (χ1n) is 7.06. The number of fused-ring (bicyclic) bond motifs is 1. The van der Waals surface area contributed by atoms with E-state index >= 15 is 0 Å². The molecule has 3 rings (SSSR count). The smallest absolute Gasteiger partial charge is 0.414 e. The van der Waals surface area contributed by atoms with E-state index in [1.54, 1.807) is 4.57 Å². The van der Waals surface area contributed by atoms with E-state index in [4.69, 9.17) is 4.74 Å². The van der Waals surface area contributed by atoms with E-state index in [2.05, 4.69) is 32.0 Å². The molecule has 0 radical (unpaired) electrons. The molecule has 0 saturated heterocycles. The topological polar surface area (TPSA) is 83.1 Å². The lowest BCUT2D eigenvalue weighted by Gasteiger charge is -2.21. The third-order valence-corrected chi connectivity index (χ3v) is 4.15. The zero-order valence-electron chi connectivity index (χ0n) is 11.8. The van der Waals surface area contributed by atoms with Gasteiger partial charge in [0.15, 0.2) is 0 Å². The van der Waals surface area contributed by atoms with Crippen molar-refractivity contribution in [1.29, 1.82) is 0 Å². The number of pyridine rings is 1. The number of nitrogens with zero attached hydrogens (tertiary/aromatic N) is 4. The van der Waals surface area contributed by atoms with Crippen LogP contribution in [0.4, 0.5) is 5.82 Å². The van der Waals surface area contributed by atoms with Gasteiger partial charge in [-0.05, 0) is 51.7 Å². The van der Waals surface area contributed by atoms with Crippen molar-refractivity contribution in [2.45, 2.75) is 25.8 Å². The van der Waals surface area contributed by atoms with Crippen LogP contribution in [0.1, 0.15) is 18.4 Å². The molecular weight excluding hydrogens is 352 g/mol. The summed E-state index contributed by atoms with van der Waals surface area (Å²) < 4.78 is 8.08. The van der Waals surface area contributed by atoms with Gasteiger partial charge in [0.1, 0.15) is 10.8 Å². The van der Waals surface area contributed by atoms with Gasteiger partial charge in [0.25, 0.3) is 0 Å². The number of aryl methyl sites for hydroxylation is 1. The predicted molar refractivity (Wildman–Crippen MR) is 82.7 cm³/mol. The molecule has 0 fully saturated rings. The van der Waals surface area contributed by atoms with E-state index in [0.29, 0.717) is 18.5 Å². The minimum absolute atomic E-state index is 0.156. The highest BCUT2D eigenvalue weighted by Gasteiger charge is 2.27. The summed E-state index contributed by atoms with van der Waals surface area (Å²) in [4.78, 5) is 18.3. The number of halogens is 1. The Labute approximate surface area is 135 Å².